The van der Waals surface area contributed by atoms with Gasteiger partial charge in [0, 0.05) is 12.5 Å². The minimum Gasteiger partial charge on any atom is -0.493 e. The highest BCUT2D eigenvalue weighted by Gasteiger charge is 2.01. The summed E-state index contributed by atoms with van der Waals surface area (Å²) >= 11 is 0. The first-order chi connectivity index (χ1) is 7.09. The van der Waals surface area contributed by atoms with Gasteiger partial charge < -0.3 is 15.6 Å². The van der Waals surface area contributed by atoms with Crippen molar-refractivity contribution in [3.05, 3.63) is 29.8 Å². The Morgan fingerprint density at radius 3 is 2.73 bits per heavy atom. The molecular formula is C12H19NO2. The van der Waals surface area contributed by atoms with Crippen molar-refractivity contribution in [2.75, 3.05) is 6.61 Å². The molecule has 1 rings (SSSR count). The fraction of sp³-hybridized carbons (Fsp3) is 0.500. The fourth-order valence-electron chi connectivity index (χ4n) is 1.23. The molecule has 84 valence electrons. The maximum atomic E-state index is 9.07. The van der Waals surface area contributed by atoms with E-state index in [0.29, 0.717) is 13.0 Å². The predicted molar refractivity (Wildman–Crippen MR) is 60.8 cm³/mol. The van der Waals surface area contributed by atoms with Crippen LogP contribution in [0.1, 0.15) is 31.9 Å². The third-order valence-electron chi connectivity index (χ3n) is 2.19. The molecule has 2 atom stereocenters. The van der Waals surface area contributed by atoms with Crippen molar-refractivity contribution < 1.29 is 9.84 Å². The van der Waals surface area contributed by atoms with Crippen molar-refractivity contribution in [1.29, 1.82) is 0 Å². The van der Waals surface area contributed by atoms with Crippen LogP contribution in [0.3, 0.4) is 0 Å². The van der Waals surface area contributed by atoms with Crippen molar-refractivity contribution >= 4 is 0 Å². The Balaban J connectivity index is 2.50. The van der Waals surface area contributed by atoms with E-state index in [2.05, 4.69) is 0 Å². The van der Waals surface area contributed by atoms with Gasteiger partial charge >= 0.3 is 0 Å². The number of hydrogen-bond donors (Lipinski definition) is 2. The quantitative estimate of drug-likeness (QED) is 0.778. The van der Waals surface area contributed by atoms with Crippen LogP contribution in [0.4, 0.5) is 0 Å². The van der Waals surface area contributed by atoms with E-state index in [4.69, 9.17) is 15.6 Å². The predicted octanol–water partition coefficient (Wildman–Crippen LogP) is 1.86. The topological polar surface area (TPSA) is 55.5 Å². The average molecular weight is 209 g/mol. The summed E-state index contributed by atoms with van der Waals surface area (Å²) in [6.45, 7) is 4.22. The molecule has 3 nitrogen and oxygen atoms in total. The summed E-state index contributed by atoms with van der Waals surface area (Å²) in [4.78, 5) is 0. The standard InChI is InChI=1S/C12H19NO2/c1-9(14)6-7-15-12-5-3-4-11(8-12)10(2)13/h3-5,8-10,14H,6-7,13H2,1-2H3. The molecule has 1 aromatic carbocycles. The van der Waals surface area contributed by atoms with Crippen LogP contribution in [-0.2, 0) is 0 Å². The van der Waals surface area contributed by atoms with Gasteiger partial charge in [-0.3, -0.25) is 0 Å². The molecule has 0 heterocycles. The highest BCUT2D eigenvalue weighted by atomic mass is 16.5. The number of hydrogen-bond acceptors (Lipinski definition) is 3. The van der Waals surface area contributed by atoms with Crippen LogP contribution in [-0.4, -0.2) is 17.8 Å². The number of benzene rings is 1. The van der Waals surface area contributed by atoms with Crippen LogP contribution in [0.2, 0.25) is 0 Å². The normalized spacial score (nSPS) is 14.7. The van der Waals surface area contributed by atoms with Crippen molar-refractivity contribution in [2.24, 2.45) is 5.73 Å². The molecule has 0 aromatic heterocycles. The van der Waals surface area contributed by atoms with Gasteiger partial charge in [-0.2, -0.15) is 0 Å². The van der Waals surface area contributed by atoms with Gasteiger partial charge in [-0.25, -0.2) is 0 Å². The van der Waals surface area contributed by atoms with E-state index in [0.717, 1.165) is 11.3 Å². The van der Waals surface area contributed by atoms with E-state index in [1.807, 2.05) is 31.2 Å². The third kappa shape index (κ3) is 4.32. The van der Waals surface area contributed by atoms with Crippen molar-refractivity contribution in [3.8, 4) is 5.75 Å². The number of aliphatic hydroxyl groups excluding tert-OH is 1. The summed E-state index contributed by atoms with van der Waals surface area (Å²) < 4.78 is 5.49. The van der Waals surface area contributed by atoms with Gasteiger partial charge in [0.05, 0.1) is 12.7 Å². The van der Waals surface area contributed by atoms with Crippen LogP contribution in [0.5, 0.6) is 5.75 Å². The average Bonchev–Trinajstić information content (AvgIpc) is 2.17. The molecule has 0 saturated carbocycles. The summed E-state index contributed by atoms with van der Waals surface area (Å²) in [6.07, 6.45) is 0.323. The molecule has 0 saturated heterocycles. The lowest BCUT2D eigenvalue weighted by Gasteiger charge is -2.10. The number of aliphatic hydroxyl groups is 1. The maximum Gasteiger partial charge on any atom is 0.119 e. The molecule has 0 radical (unpaired) electrons. The molecule has 0 spiro atoms. The minimum absolute atomic E-state index is 0.0188. The Bertz CT molecular complexity index is 297. The summed E-state index contributed by atoms with van der Waals surface area (Å²) in [7, 11) is 0. The minimum atomic E-state index is -0.318. The van der Waals surface area contributed by atoms with Crippen LogP contribution in [0.15, 0.2) is 24.3 Å². The largest absolute Gasteiger partial charge is 0.493 e. The van der Waals surface area contributed by atoms with E-state index in [9.17, 15) is 0 Å². The Hall–Kier alpha value is -1.06. The second-order valence-corrected chi connectivity index (χ2v) is 3.85. The summed E-state index contributed by atoms with van der Waals surface area (Å²) in [5.74, 6) is 0.811. The van der Waals surface area contributed by atoms with E-state index in [1.54, 1.807) is 6.92 Å². The zero-order valence-corrected chi connectivity index (χ0v) is 9.31. The van der Waals surface area contributed by atoms with Gasteiger partial charge in [-0.1, -0.05) is 12.1 Å². The fourth-order valence-corrected chi connectivity index (χ4v) is 1.23. The number of rotatable bonds is 5. The maximum absolute atomic E-state index is 9.07. The highest BCUT2D eigenvalue weighted by molar-refractivity contribution is 5.30. The Kier molecular flexibility index (Phi) is 4.59. The molecule has 0 aliphatic heterocycles. The molecule has 0 amide bonds. The Labute approximate surface area is 90.9 Å². The second kappa shape index (κ2) is 5.73. The Morgan fingerprint density at radius 2 is 2.13 bits per heavy atom. The molecule has 3 N–H and O–H groups in total. The summed E-state index contributed by atoms with van der Waals surface area (Å²) in [5, 5.41) is 9.07. The molecule has 0 aliphatic rings. The van der Waals surface area contributed by atoms with E-state index in [-0.39, 0.29) is 12.1 Å². The molecular weight excluding hydrogens is 190 g/mol. The van der Waals surface area contributed by atoms with Crippen LogP contribution in [0, 0.1) is 0 Å². The molecule has 15 heavy (non-hydrogen) atoms. The Morgan fingerprint density at radius 1 is 1.40 bits per heavy atom. The van der Waals surface area contributed by atoms with Gasteiger partial charge in [-0.05, 0) is 31.5 Å². The first-order valence-electron chi connectivity index (χ1n) is 5.26. The molecule has 0 fully saturated rings. The van der Waals surface area contributed by atoms with Crippen molar-refractivity contribution in [2.45, 2.75) is 32.4 Å². The van der Waals surface area contributed by atoms with Crippen molar-refractivity contribution in [3.63, 3.8) is 0 Å². The molecule has 0 aliphatic carbocycles. The first kappa shape index (κ1) is 12.0. The lowest BCUT2D eigenvalue weighted by atomic mass is 10.1. The van der Waals surface area contributed by atoms with Gasteiger partial charge in [0.25, 0.3) is 0 Å². The van der Waals surface area contributed by atoms with Gasteiger partial charge in [0.15, 0.2) is 0 Å². The number of nitrogens with two attached hydrogens (primary N) is 1. The van der Waals surface area contributed by atoms with Crippen LogP contribution in [0.25, 0.3) is 0 Å². The first-order valence-corrected chi connectivity index (χ1v) is 5.26. The molecule has 2 unspecified atom stereocenters. The van der Waals surface area contributed by atoms with Gasteiger partial charge in [0.1, 0.15) is 5.75 Å². The second-order valence-electron chi connectivity index (χ2n) is 3.85. The smallest absolute Gasteiger partial charge is 0.119 e. The van der Waals surface area contributed by atoms with E-state index >= 15 is 0 Å². The lowest BCUT2D eigenvalue weighted by molar-refractivity contribution is 0.155. The highest BCUT2D eigenvalue weighted by Crippen LogP contribution is 2.17. The molecule has 3 heteroatoms. The van der Waals surface area contributed by atoms with Crippen LogP contribution >= 0.6 is 0 Å². The third-order valence-corrected chi connectivity index (χ3v) is 2.19. The zero-order valence-electron chi connectivity index (χ0n) is 9.31. The van der Waals surface area contributed by atoms with Crippen LogP contribution < -0.4 is 10.5 Å². The zero-order chi connectivity index (χ0) is 11.3. The SMILES string of the molecule is CC(O)CCOc1cccc(C(C)N)c1. The van der Waals surface area contributed by atoms with Crippen molar-refractivity contribution in [1.82, 2.24) is 0 Å². The summed E-state index contributed by atoms with van der Waals surface area (Å²) in [6, 6.07) is 7.76. The van der Waals surface area contributed by atoms with E-state index in [1.165, 1.54) is 0 Å². The van der Waals surface area contributed by atoms with Gasteiger partial charge in [0.2, 0.25) is 0 Å². The summed E-state index contributed by atoms with van der Waals surface area (Å²) in [5.41, 5.74) is 6.82. The molecule has 0 bridgehead atoms. The van der Waals surface area contributed by atoms with Gasteiger partial charge in [-0.15, -0.1) is 0 Å². The number of ether oxygens (including phenoxy) is 1. The van der Waals surface area contributed by atoms with E-state index < -0.39 is 0 Å². The monoisotopic (exact) mass is 209 g/mol. The molecule has 1 aromatic rings. The lowest BCUT2D eigenvalue weighted by Crippen LogP contribution is -2.08.